The van der Waals surface area contributed by atoms with Crippen molar-refractivity contribution in [1.29, 1.82) is 0 Å². The van der Waals surface area contributed by atoms with Gasteiger partial charge in [0.2, 0.25) is 0 Å². The summed E-state index contributed by atoms with van der Waals surface area (Å²) in [5.41, 5.74) is 0. The minimum Gasteiger partial charge on any atom is -0.481 e. The smallest absolute Gasteiger partial charge is 0.318 e. The van der Waals surface area contributed by atoms with E-state index in [-0.39, 0.29) is 24.7 Å². The first-order valence-electron chi connectivity index (χ1n) is 7.62. The van der Waals surface area contributed by atoms with Gasteiger partial charge in [-0.25, -0.2) is 4.79 Å². The summed E-state index contributed by atoms with van der Waals surface area (Å²) in [5.74, 6) is -1.37. The van der Waals surface area contributed by atoms with E-state index in [1.54, 1.807) is 4.90 Å². The van der Waals surface area contributed by atoms with E-state index in [0.717, 1.165) is 19.3 Å². The lowest BCUT2D eigenvalue weighted by Gasteiger charge is -2.36. The minimum absolute atomic E-state index is 0.152. The Bertz CT molecular complexity index is 376. The Balaban J connectivity index is 1.99. The summed E-state index contributed by atoms with van der Waals surface area (Å²) in [4.78, 5) is 25.3. The van der Waals surface area contributed by atoms with Crippen LogP contribution in [0.1, 0.15) is 32.1 Å². The molecule has 0 spiro atoms. The van der Waals surface area contributed by atoms with E-state index < -0.39 is 11.9 Å². The number of aliphatic carboxylic acids is 1. The number of ether oxygens (including phenoxy) is 1. The number of amides is 2. The minimum atomic E-state index is -0.845. The molecular formula is C14H24N2O5. The third-order valence-corrected chi connectivity index (χ3v) is 4.34. The van der Waals surface area contributed by atoms with Crippen molar-refractivity contribution in [3.05, 3.63) is 0 Å². The van der Waals surface area contributed by atoms with Crippen molar-refractivity contribution in [2.75, 3.05) is 26.4 Å². The third-order valence-electron chi connectivity index (χ3n) is 4.34. The molecular weight excluding hydrogens is 276 g/mol. The van der Waals surface area contributed by atoms with Crippen LogP contribution in [0, 0.1) is 5.92 Å². The SMILES string of the molecule is O=C(O)C1CCCCCC1NC(=O)N1CCOCC1CO. The van der Waals surface area contributed by atoms with E-state index >= 15 is 0 Å². The van der Waals surface area contributed by atoms with Crippen LogP contribution in [-0.4, -0.2) is 65.6 Å². The van der Waals surface area contributed by atoms with Gasteiger partial charge in [0.05, 0.1) is 31.8 Å². The van der Waals surface area contributed by atoms with Crippen LogP contribution < -0.4 is 5.32 Å². The molecule has 3 unspecified atom stereocenters. The second-order valence-electron chi connectivity index (χ2n) is 5.74. The summed E-state index contributed by atoms with van der Waals surface area (Å²) in [5, 5.41) is 21.5. The number of hydrogen-bond acceptors (Lipinski definition) is 4. The van der Waals surface area contributed by atoms with Crippen molar-refractivity contribution in [2.24, 2.45) is 5.92 Å². The van der Waals surface area contributed by atoms with E-state index in [4.69, 9.17) is 4.74 Å². The highest BCUT2D eigenvalue weighted by Crippen LogP contribution is 2.24. The maximum Gasteiger partial charge on any atom is 0.318 e. The third kappa shape index (κ3) is 4.07. The Morgan fingerprint density at radius 1 is 1.24 bits per heavy atom. The van der Waals surface area contributed by atoms with Gasteiger partial charge in [-0.15, -0.1) is 0 Å². The molecule has 1 saturated heterocycles. The van der Waals surface area contributed by atoms with Gasteiger partial charge in [0.15, 0.2) is 0 Å². The van der Waals surface area contributed by atoms with Crippen molar-refractivity contribution in [2.45, 2.75) is 44.2 Å². The maximum absolute atomic E-state index is 12.4. The molecule has 3 atom stereocenters. The predicted octanol–water partition coefficient (Wildman–Crippen LogP) is 0.423. The molecule has 2 amide bonds. The van der Waals surface area contributed by atoms with Gasteiger partial charge in [-0.1, -0.05) is 19.3 Å². The number of urea groups is 1. The van der Waals surface area contributed by atoms with Gasteiger partial charge in [-0.2, -0.15) is 0 Å². The summed E-state index contributed by atoms with van der Waals surface area (Å²) >= 11 is 0. The van der Waals surface area contributed by atoms with Crippen LogP contribution in [0.4, 0.5) is 4.79 Å². The lowest BCUT2D eigenvalue weighted by Crippen LogP contribution is -2.56. The van der Waals surface area contributed by atoms with E-state index in [1.165, 1.54) is 0 Å². The van der Waals surface area contributed by atoms with Crippen LogP contribution in [0.15, 0.2) is 0 Å². The first-order valence-corrected chi connectivity index (χ1v) is 7.62. The normalized spacial score (nSPS) is 30.5. The quantitative estimate of drug-likeness (QED) is 0.656. The topological polar surface area (TPSA) is 99.1 Å². The molecule has 2 fully saturated rings. The zero-order valence-electron chi connectivity index (χ0n) is 12.2. The molecule has 3 N–H and O–H groups in total. The van der Waals surface area contributed by atoms with Crippen molar-refractivity contribution in [3.8, 4) is 0 Å². The number of carbonyl (C=O) groups is 2. The van der Waals surface area contributed by atoms with Crippen LogP contribution in [0.3, 0.4) is 0 Å². The molecule has 1 heterocycles. The van der Waals surface area contributed by atoms with Crippen LogP contribution in [0.2, 0.25) is 0 Å². The van der Waals surface area contributed by atoms with Gasteiger partial charge in [0, 0.05) is 12.6 Å². The number of morpholine rings is 1. The number of rotatable bonds is 3. The average molecular weight is 300 g/mol. The summed E-state index contributed by atoms with van der Waals surface area (Å²) in [6.45, 7) is 1.02. The van der Waals surface area contributed by atoms with Gasteiger partial charge in [-0.05, 0) is 12.8 Å². The van der Waals surface area contributed by atoms with E-state index in [2.05, 4.69) is 5.32 Å². The molecule has 21 heavy (non-hydrogen) atoms. The van der Waals surface area contributed by atoms with Gasteiger partial charge in [0.1, 0.15) is 0 Å². The summed E-state index contributed by atoms with van der Waals surface area (Å²) in [7, 11) is 0. The van der Waals surface area contributed by atoms with E-state index in [9.17, 15) is 19.8 Å². The number of carbonyl (C=O) groups excluding carboxylic acids is 1. The van der Waals surface area contributed by atoms with Crippen molar-refractivity contribution in [1.82, 2.24) is 10.2 Å². The fourth-order valence-electron chi connectivity index (χ4n) is 3.09. The second kappa shape index (κ2) is 7.61. The Hall–Kier alpha value is -1.34. The van der Waals surface area contributed by atoms with Gasteiger partial charge in [0.25, 0.3) is 0 Å². The van der Waals surface area contributed by atoms with Crippen molar-refractivity contribution >= 4 is 12.0 Å². The molecule has 0 aromatic heterocycles. The number of carboxylic acid groups (broad SMARTS) is 1. The van der Waals surface area contributed by atoms with Gasteiger partial charge >= 0.3 is 12.0 Å². The lowest BCUT2D eigenvalue weighted by atomic mass is 9.95. The number of nitrogens with zero attached hydrogens (tertiary/aromatic N) is 1. The fraction of sp³-hybridized carbons (Fsp3) is 0.857. The Kier molecular flexibility index (Phi) is 5.81. The van der Waals surface area contributed by atoms with Crippen LogP contribution in [-0.2, 0) is 9.53 Å². The molecule has 1 aliphatic heterocycles. The Morgan fingerprint density at radius 2 is 2.00 bits per heavy atom. The monoisotopic (exact) mass is 300 g/mol. The highest BCUT2D eigenvalue weighted by molar-refractivity contribution is 5.77. The van der Waals surface area contributed by atoms with E-state index in [0.29, 0.717) is 32.6 Å². The van der Waals surface area contributed by atoms with Crippen LogP contribution in [0.25, 0.3) is 0 Å². The van der Waals surface area contributed by atoms with Crippen molar-refractivity contribution < 1.29 is 24.5 Å². The summed E-state index contributed by atoms with van der Waals surface area (Å²) in [6.07, 6.45) is 4.12. The molecule has 0 aromatic carbocycles. The van der Waals surface area contributed by atoms with Crippen LogP contribution in [0.5, 0.6) is 0 Å². The highest BCUT2D eigenvalue weighted by Gasteiger charge is 2.33. The molecule has 0 radical (unpaired) electrons. The molecule has 0 aromatic rings. The first kappa shape index (κ1) is 16.0. The number of hydrogen-bond donors (Lipinski definition) is 3. The molecule has 1 aliphatic carbocycles. The fourth-order valence-corrected chi connectivity index (χ4v) is 3.09. The summed E-state index contributed by atoms with van der Waals surface area (Å²) < 4.78 is 5.25. The zero-order chi connectivity index (χ0) is 15.2. The summed E-state index contributed by atoms with van der Waals surface area (Å²) in [6, 6.07) is -0.983. The van der Waals surface area contributed by atoms with Crippen molar-refractivity contribution in [3.63, 3.8) is 0 Å². The zero-order valence-corrected chi connectivity index (χ0v) is 12.2. The molecule has 0 bridgehead atoms. The average Bonchev–Trinajstić information content (AvgIpc) is 2.72. The van der Waals surface area contributed by atoms with E-state index in [1.807, 2.05) is 0 Å². The number of aliphatic hydroxyl groups excluding tert-OH is 1. The highest BCUT2D eigenvalue weighted by atomic mass is 16.5. The molecule has 7 heteroatoms. The number of nitrogens with one attached hydrogen (secondary N) is 1. The first-order chi connectivity index (χ1) is 10.1. The van der Waals surface area contributed by atoms with Crippen LogP contribution >= 0.6 is 0 Å². The standard InChI is InChI=1S/C14H24N2O5/c17-8-10-9-21-7-6-16(10)14(20)15-12-5-3-1-2-4-11(12)13(18)19/h10-12,17H,1-9H2,(H,15,20)(H,18,19). The lowest BCUT2D eigenvalue weighted by molar-refractivity contribution is -0.142. The molecule has 120 valence electrons. The van der Waals surface area contributed by atoms with Gasteiger partial charge < -0.3 is 25.2 Å². The molecule has 2 rings (SSSR count). The van der Waals surface area contributed by atoms with Gasteiger partial charge in [-0.3, -0.25) is 4.79 Å². The Morgan fingerprint density at radius 3 is 2.71 bits per heavy atom. The largest absolute Gasteiger partial charge is 0.481 e. The Labute approximate surface area is 124 Å². The molecule has 1 saturated carbocycles. The maximum atomic E-state index is 12.4. The predicted molar refractivity (Wildman–Crippen MR) is 74.9 cm³/mol. The number of carboxylic acids is 1. The molecule has 7 nitrogen and oxygen atoms in total. The second-order valence-corrected chi connectivity index (χ2v) is 5.74. The number of aliphatic hydroxyl groups is 1. The molecule has 2 aliphatic rings.